The highest BCUT2D eigenvalue weighted by Gasteiger charge is 2.20. The van der Waals surface area contributed by atoms with Crippen molar-refractivity contribution in [3.8, 4) is 28.7 Å². The number of methoxy groups -OCH3 is 1. The highest BCUT2D eigenvalue weighted by molar-refractivity contribution is 5.78. The summed E-state index contributed by atoms with van der Waals surface area (Å²) in [7, 11) is 1.54. The summed E-state index contributed by atoms with van der Waals surface area (Å²) in [6, 6.07) is 19.9. The predicted octanol–water partition coefficient (Wildman–Crippen LogP) is 49.0. The molecule has 0 unspecified atom stereocenters. The number of carbonyl (C=O) groups is 2. The van der Waals surface area contributed by atoms with E-state index in [0.29, 0.717) is 30.4 Å². The van der Waals surface area contributed by atoms with Crippen LogP contribution in [0.5, 0.6) is 17.2 Å². The molecule has 1 aromatic heterocycles. The zero-order chi connectivity index (χ0) is 28.6. The van der Waals surface area contributed by atoms with Gasteiger partial charge in [-0.3, -0.25) is 9.69 Å². The van der Waals surface area contributed by atoms with Gasteiger partial charge in [-0.25, -0.2) is 9.78 Å². The van der Waals surface area contributed by atoms with Crippen molar-refractivity contribution in [2.45, 2.75) is 33.7 Å². The van der Waals surface area contributed by atoms with Crippen LogP contribution in [0.15, 0.2) is 71.1 Å². The van der Waals surface area contributed by atoms with Crippen LogP contribution in [0.3, 0.4) is 0 Å². The SMILES string of the molecule is COc1ccc(OC(=O)N(CC(=O)O)Cc2ccc(OCCc3nc(-c4cccc(C)c4)oc3C)c(C)c2)cc1.[HH].[HH].[HH].[HH].[HH].[HH].[HH].[HH].[HH].[HH].[HH].[HH].[HH].[HH].[HH].[HH].[HH].[HH].[HH].[HH].[HH].[HH].[HH].[HH].[HH].[HH].[HH].[HH].[HH].[HH].[HH].[HH].[HH].[HH].[HH].[HH].[HH].[HH].[HH].[HH].[HH].[HH].[HH].[HH].[HH].[HH].[HH].[HH].[HH].[HH].[HH].[HH].[HH].[HH].[HH].[HH].[HH].[HH].[HH].[HH].[HH].[HH].[HH].[HH].[HH].[HH].[HH].[HH].[HH].[HH].[HH].[HH].[HH].[HH].[HH].[HH].[HH].[HH].[HH].[HH].[HH].[HH].[HH].[HH].[HH].[HH].[HH].[HH].[HH].[HH].[HH].[HH].[HH].[HH].[HH].[HH].[HH].[HH].[HH].[HH].[HH].[HH].[HH].[HH].[HH].[HH].[HH].[HH].[HH].[HH].[HH].[HH].[HH].[HH].[HH].[HH].[HH].[HH].[HH].[HH].[HH].[HH].[HH].[HH].[HH].[HH].[HH].[HH].[HH].[HH].[HH].[HH].[HH].[HH].[HH].[HH].[HH].[HH].[HH].[HH].[HH].[HH].[HH].[HH].[HH].[HH].[HH].[HH].[HH].[HH].[HH].[HH].[HH].[HH].[HH].[HH].[HH].[HH].[HH].[HH].[HH].[HH].[HH].[HH].[HH].[HH].[HH].[HH].[HH].[HH].[HH].[HH].[HH].[HH].[HH]. The van der Waals surface area contributed by atoms with Crippen LogP contribution in [0, 0.1) is 20.8 Å². The van der Waals surface area contributed by atoms with Crippen LogP contribution in [0.25, 0.3) is 11.5 Å². The number of aliphatic carboxylic acids is 1. The number of benzene rings is 3. The standard InChI is InChI=1S/C31H32N2O7.175H2/c1-20-6-5-7-24(16-20)30-32-27(22(3)39-30)14-15-38-28-13-8-23(17-21(28)2)18-33(19-29(34)35)31(36)40-26-11-9-25(37-4)10-12-26;;;;;;;;;;;;;;;;;;;;;;;;;;;;;;;;;;;;;;;;;;;;;;;;;;;;;;;;;;;;;;;;;;;;;;;;;;;;;;;;;;;;;;;;;;;;;;;;;;;;;;;;;;;;;;;;;;;;;;;;;;;;;;;;;;;;;;;;;;;;;;;;;;;;;;;;;;;;;;;;;;;;;;;;;;;;;;;/h5-13,16-17H,14-15,18-19H2,1-4H3,(H,34,35);175*1H. The Hall–Kier alpha value is -4.79. The Balaban J connectivity index is -0.000000000622. The summed E-state index contributed by atoms with van der Waals surface area (Å²) in [5, 5.41) is 9.34. The fourth-order valence-corrected chi connectivity index (χ4v) is 4.17. The van der Waals surface area contributed by atoms with Gasteiger partial charge in [-0.2, -0.15) is 0 Å². The number of rotatable bonds is 11. The summed E-state index contributed by atoms with van der Waals surface area (Å²) >= 11 is 0. The third-order valence-corrected chi connectivity index (χ3v) is 6.22. The third-order valence-electron chi connectivity index (χ3n) is 6.22. The molecule has 1 amide bonds. The molecule has 9 nitrogen and oxygen atoms in total. The summed E-state index contributed by atoms with van der Waals surface area (Å²) < 4.78 is 22.4. The number of hydrogen-bond donors (Lipinski definition) is 1. The summed E-state index contributed by atoms with van der Waals surface area (Å²) in [5.74, 6) is 1.80. The normalized spacial score (nSPS) is 10.7. The number of amides is 1. The van der Waals surface area contributed by atoms with Crippen molar-refractivity contribution in [3.63, 3.8) is 0 Å². The van der Waals surface area contributed by atoms with Gasteiger partial charge in [0.1, 0.15) is 29.6 Å². The first-order valence-corrected chi connectivity index (χ1v) is 12.8. The zero-order valence-electron chi connectivity index (χ0n) is 23.0. The van der Waals surface area contributed by atoms with Crippen LogP contribution >= 0.6 is 0 Å². The van der Waals surface area contributed by atoms with Crippen molar-refractivity contribution in [2.75, 3.05) is 20.3 Å². The average Bonchev–Trinajstić information content (AvgIpc) is 3.30. The molecular weight excluding hydrogens is 512 g/mol. The highest BCUT2D eigenvalue weighted by atomic mass is 16.6. The molecule has 1 heterocycles. The Morgan fingerprint density at radius 2 is 1.75 bits per heavy atom. The molecule has 3 aromatic carbocycles. The van der Waals surface area contributed by atoms with Crippen LogP contribution in [-0.4, -0.2) is 47.3 Å². The van der Waals surface area contributed by atoms with Crippen LogP contribution in [0.1, 0.15) is 278 Å². The molecule has 0 spiro atoms. The largest absolute Gasteiger partial charge is 0.497 e. The molecular formula is C31H382N2O7. The van der Waals surface area contributed by atoms with Gasteiger partial charge < -0.3 is 23.7 Å². The van der Waals surface area contributed by atoms with Crippen molar-refractivity contribution < 1.29 is 283 Å². The minimum atomic E-state index is -1.14. The van der Waals surface area contributed by atoms with Crippen LogP contribution < -0.4 is 14.2 Å². The van der Waals surface area contributed by atoms with E-state index in [-0.39, 0.29) is 262 Å². The molecule has 9 heteroatoms. The third kappa shape index (κ3) is 7.41. The molecule has 0 aliphatic rings. The van der Waals surface area contributed by atoms with E-state index in [1.165, 1.54) is 7.11 Å². The van der Waals surface area contributed by atoms with E-state index in [1.54, 1.807) is 30.3 Å². The molecule has 4 rings (SSSR count). The summed E-state index contributed by atoms with van der Waals surface area (Å²) in [6.45, 7) is 5.77. The Bertz CT molecular complexity index is 1630. The van der Waals surface area contributed by atoms with Crippen molar-refractivity contribution in [2.24, 2.45) is 0 Å². The van der Waals surface area contributed by atoms with E-state index < -0.39 is 18.6 Å². The molecule has 0 fully saturated rings. The Labute approximate surface area is 492 Å². The monoisotopic (exact) mass is 897 g/mol. The molecule has 1 N–H and O–H groups in total. The zero-order valence-corrected chi connectivity index (χ0v) is 23.0. The molecule has 0 saturated carbocycles. The lowest BCUT2D eigenvalue weighted by Gasteiger charge is -2.21. The van der Waals surface area contributed by atoms with Crippen molar-refractivity contribution in [3.05, 3.63) is 94.9 Å². The number of carboxylic acids is 1. The van der Waals surface area contributed by atoms with Crippen molar-refractivity contribution in [1.29, 1.82) is 0 Å². The first kappa shape index (κ1) is 28.2. The molecule has 0 bridgehead atoms. The van der Waals surface area contributed by atoms with Gasteiger partial charge in [-0.05, 0) is 74.4 Å². The van der Waals surface area contributed by atoms with E-state index in [9.17, 15) is 14.7 Å². The van der Waals surface area contributed by atoms with Gasteiger partial charge in [0.25, 0.3) is 0 Å². The smallest absolute Gasteiger partial charge is 0.416 e. The molecule has 4 aromatic rings. The van der Waals surface area contributed by atoms with Crippen LogP contribution in [0.2, 0.25) is 0 Å². The molecule has 0 aliphatic heterocycles. The van der Waals surface area contributed by atoms with Gasteiger partial charge in [-0.15, -0.1) is 0 Å². The number of carboxylic acid groups (broad SMARTS) is 1. The molecule has 0 atom stereocenters. The van der Waals surface area contributed by atoms with Gasteiger partial charge >= 0.3 is 12.1 Å². The predicted molar refractivity (Wildman–Crippen MR) is 519 cm³/mol. The molecule has 40 heavy (non-hydrogen) atoms. The molecule has 0 aliphatic carbocycles. The second-order valence-corrected chi connectivity index (χ2v) is 9.38. The van der Waals surface area contributed by atoms with E-state index in [0.717, 1.165) is 38.6 Å². The number of carbonyl (C=O) groups excluding carboxylic acids is 1. The fourth-order valence-electron chi connectivity index (χ4n) is 4.17. The lowest BCUT2D eigenvalue weighted by Crippen LogP contribution is -2.37. The lowest BCUT2D eigenvalue weighted by molar-refractivity contribution is -0.138. The highest BCUT2D eigenvalue weighted by Crippen LogP contribution is 2.25. The average molecular weight is 897 g/mol. The van der Waals surface area contributed by atoms with Gasteiger partial charge in [0, 0.05) is 268 Å². The Kier molecular flexibility index (Phi) is 9.06. The first-order chi connectivity index (χ1) is 19.2. The minimum Gasteiger partial charge on any atom is -0.497 e. The van der Waals surface area contributed by atoms with Crippen LogP contribution in [-0.2, 0) is 17.8 Å². The molecule has 558 valence electrons. The summed E-state index contributed by atoms with van der Waals surface area (Å²) in [6.07, 6.45) is -0.190. The quantitative estimate of drug-likeness (QED) is 0.158. The first-order valence-electron chi connectivity index (χ1n) is 12.8. The van der Waals surface area contributed by atoms with E-state index in [1.807, 2.05) is 57.2 Å². The minimum absolute atomic E-state index is 0. The Morgan fingerprint density at radius 1 is 1.00 bits per heavy atom. The summed E-state index contributed by atoms with van der Waals surface area (Å²) in [4.78, 5) is 29.9. The molecule has 0 radical (unpaired) electrons. The number of oxazole rings is 1. The number of aromatic nitrogens is 1. The van der Waals surface area contributed by atoms with Gasteiger partial charge in [0.15, 0.2) is 0 Å². The fraction of sp³-hybridized carbons (Fsp3) is 0.258. The number of ether oxygens (including phenoxy) is 3. The number of aryl methyl sites for hydroxylation is 3. The van der Waals surface area contributed by atoms with E-state index in [4.69, 9.17) is 18.6 Å². The maximum atomic E-state index is 12.7. The lowest BCUT2D eigenvalue weighted by atomic mass is 10.1. The van der Waals surface area contributed by atoms with Gasteiger partial charge in [0.05, 0.1) is 19.4 Å². The Morgan fingerprint density at radius 3 is 2.42 bits per heavy atom. The van der Waals surface area contributed by atoms with Crippen LogP contribution in [0.4, 0.5) is 4.79 Å². The maximum Gasteiger partial charge on any atom is 0.416 e. The topological polar surface area (TPSA) is 111 Å². The van der Waals surface area contributed by atoms with E-state index in [2.05, 4.69) is 4.98 Å². The van der Waals surface area contributed by atoms with E-state index >= 15 is 0 Å². The second-order valence-electron chi connectivity index (χ2n) is 9.38. The van der Waals surface area contributed by atoms with Gasteiger partial charge in [-0.1, -0.05) is 29.8 Å². The molecule has 0 saturated heterocycles. The number of hydrogen-bond acceptors (Lipinski definition) is 7. The van der Waals surface area contributed by atoms with Crippen molar-refractivity contribution in [1.82, 2.24) is 9.88 Å². The number of nitrogens with zero attached hydrogens (tertiary/aromatic N) is 2. The van der Waals surface area contributed by atoms with Gasteiger partial charge in [0.2, 0.25) is 5.89 Å². The maximum absolute atomic E-state index is 12.7. The summed E-state index contributed by atoms with van der Waals surface area (Å²) in [5.41, 5.74) is 4.51. The second kappa shape index (κ2) is 12.8. The van der Waals surface area contributed by atoms with Crippen molar-refractivity contribution >= 4 is 12.1 Å².